The Morgan fingerprint density at radius 1 is 1.15 bits per heavy atom. The number of urea groups is 1. The second-order valence-electron chi connectivity index (χ2n) is 6.37. The summed E-state index contributed by atoms with van der Waals surface area (Å²) in [5, 5.41) is 11.4. The van der Waals surface area contributed by atoms with Gasteiger partial charge in [-0.15, -0.1) is 5.10 Å². The van der Waals surface area contributed by atoms with Crippen molar-refractivity contribution in [3.8, 4) is 17.0 Å². The van der Waals surface area contributed by atoms with E-state index in [9.17, 15) is 4.79 Å². The number of hydrogen-bond acceptors (Lipinski definition) is 4. The fourth-order valence-electron chi connectivity index (χ4n) is 3.03. The Hall–Kier alpha value is -3.35. The van der Waals surface area contributed by atoms with E-state index in [0.29, 0.717) is 31.1 Å². The van der Waals surface area contributed by atoms with Gasteiger partial charge in [0, 0.05) is 18.7 Å². The lowest BCUT2D eigenvalue weighted by Crippen LogP contribution is -2.52. The van der Waals surface area contributed by atoms with E-state index in [2.05, 4.69) is 15.6 Å². The molecule has 4 rings (SSSR count). The number of rotatable bonds is 5. The van der Waals surface area contributed by atoms with Gasteiger partial charge >= 0.3 is 6.03 Å². The molecule has 27 heavy (non-hydrogen) atoms. The summed E-state index contributed by atoms with van der Waals surface area (Å²) < 4.78 is 7.38. The van der Waals surface area contributed by atoms with E-state index >= 15 is 0 Å². The van der Waals surface area contributed by atoms with Gasteiger partial charge in [-0.05, 0) is 19.1 Å². The molecule has 0 saturated carbocycles. The summed E-state index contributed by atoms with van der Waals surface area (Å²) in [7, 11) is 0. The van der Waals surface area contributed by atoms with E-state index in [1.165, 1.54) is 0 Å². The van der Waals surface area contributed by atoms with Gasteiger partial charge in [0.2, 0.25) is 0 Å². The van der Waals surface area contributed by atoms with Crippen molar-refractivity contribution >= 4 is 11.7 Å². The number of nitrogens with one attached hydrogen (secondary N) is 1. The van der Waals surface area contributed by atoms with Gasteiger partial charge in [0.25, 0.3) is 0 Å². The number of hydrogen-bond donors (Lipinski definition) is 1. The summed E-state index contributed by atoms with van der Waals surface area (Å²) in [6.07, 6.45) is 1.93. The molecule has 0 unspecified atom stereocenters. The van der Waals surface area contributed by atoms with Crippen LogP contribution < -0.4 is 10.1 Å². The predicted molar refractivity (Wildman–Crippen MR) is 103 cm³/mol. The number of carbonyl (C=O) groups excluding carboxylic acids is 1. The molecule has 0 bridgehead atoms. The first kappa shape index (κ1) is 17.1. The molecular formula is C20H21N5O2. The van der Waals surface area contributed by atoms with Crippen molar-refractivity contribution in [1.29, 1.82) is 0 Å². The van der Waals surface area contributed by atoms with Crippen molar-refractivity contribution in [3.05, 3.63) is 60.8 Å². The van der Waals surface area contributed by atoms with Gasteiger partial charge in [-0.1, -0.05) is 47.7 Å². The lowest BCUT2D eigenvalue weighted by atomic mass is 10.1. The Balaban J connectivity index is 1.36. The number of ether oxygens (including phenoxy) is 1. The first-order valence-corrected chi connectivity index (χ1v) is 8.99. The van der Waals surface area contributed by atoms with Crippen LogP contribution in [-0.2, 0) is 0 Å². The molecule has 1 saturated heterocycles. The van der Waals surface area contributed by atoms with E-state index in [1.807, 2.05) is 72.4 Å². The molecule has 0 aliphatic carbocycles. The van der Waals surface area contributed by atoms with Gasteiger partial charge in [-0.3, -0.25) is 0 Å². The highest BCUT2D eigenvalue weighted by Gasteiger charge is 2.33. The minimum Gasteiger partial charge on any atom is -0.492 e. The molecule has 1 aliphatic heterocycles. The van der Waals surface area contributed by atoms with E-state index < -0.39 is 0 Å². The van der Waals surface area contributed by atoms with Crippen LogP contribution in [0, 0.1) is 0 Å². The third-order valence-corrected chi connectivity index (χ3v) is 4.53. The minimum absolute atomic E-state index is 0.137. The largest absolute Gasteiger partial charge is 0.492 e. The van der Waals surface area contributed by atoms with Crippen LogP contribution in [0.15, 0.2) is 60.8 Å². The van der Waals surface area contributed by atoms with Crippen LogP contribution in [0.3, 0.4) is 0 Å². The molecule has 2 aromatic carbocycles. The monoisotopic (exact) mass is 363 g/mol. The summed E-state index contributed by atoms with van der Waals surface area (Å²) >= 11 is 0. The second-order valence-corrected chi connectivity index (χ2v) is 6.37. The van der Waals surface area contributed by atoms with E-state index in [1.54, 1.807) is 4.90 Å². The van der Waals surface area contributed by atoms with E-state index in [0.717, 1.165) is 11.3 Å². The first-order chi connectivity index (χ1) is 13.2. The second kappa shape index (κ2) is 7.49. The summed E-state index contributed by atoms with van der Waals surface area (Å²) in [6.45, 7) is 3.66. The summed E-state index contributed by atoms with van der Waals surface area (Å²) in [5.74, 6) is 0.675. The number of para-hydroxylation sites is 2. The lowest BCUT2D eigenvalue weighted by Gasteiger charge is -2.38. The van der Waals surface area contributed by atoms with Gasteiger partial charge in [-0.25, -0.2) is 9.48 Å². The highest BCUT2D eigenvalue weighted by atomic mass is 16.5. The number of amides is 2. The van der Waals surface area contributed by atoms with Gasteiger partial charge in [0.05, 0.1) is 24.5 Å². The number of carbonyl (C=O) groups is 1. The molecule has 1 fully saturated rings. The van der Waals surface area contributed by atoms with Crippen LogP contribution in [0.5, 0.6) is 5.75 Å². The van der Waals surface area contributed by atoms with Gasteiger partial charge in [0.1, 0.15) is 11.4 Å². The Morgan fingerprint density at radius 2 is 1.89 bits per heavy atom. The molecule has 0 radical (unpaired) electrons. The van der Waals surface area contributed by atoms with Crippen molar-refractivity contribution in [2.24, 2.45) is 0 Å². The maximum Gasteiger partial charge on any atom is 0.322 e. The van der Waals surface area contributed by atoms with Crippen LogP contribution in [0.2, 0.25) is 0 Å². The molecule has 3 aromatic rings. The van der Waals surface area contributed by atoms with Crippen LogP contribution in [0.4, 0.5) is 10.5 Å². The third kappa shape index (κ3) is 3.62. The van der Waals surface area contributed by atoms with E-state index in [-0.39, 0.29) is 12.1 Å². The maximum atomic E-state index is 12.5. The van der Waals surface area contributed by atoms with Crippen molar-refractivity contribution in [2.45, 2.75) is 13.0 Å². The standard InChI is InChI=1S/C20H21N5O2/c1-2-27-19-11-7-6-10-17(19)21-20(26)24-12-16(13-24)25-14-18(22-23-25)15-8-4-3-5-9-15/h3-11,14,16H,2,12-13H2,1H3,(H,21,26). The van der Waals surface area contributed by atoms with Gasteiger partial charge in [0.15, 0.2) is 0 Å². The smallest absolute Gasteiger partial charge is 0.322 e. The van der Waals surface area contributed by atoms with Crippen LogP contribution in [0.1, 0.15) is 13.0 Å². The van der Waals surface area contributed by atoms with Crippen molar-refractivity contribution in [3.63, 3.8) is 0 Å². The van der Waals surface area contributed by atoms with Crippen LogP contribution >= 0.6 is 0 Å². The zero-order valence-corrected chi connectivity index (χ0v) is 15.1. The Morgan fingerprint density at radius 3 is 2.67 bits per heavy atom. The van der Waals surface area contributed by atoms with Gasteiger partial charge in [-0.2, -0.15) is 0 Å². The van der Waals surface area contributed by atoms with Crippen molar-refractivity contribution in [2.75, 3.05) is 25.0 Å². The highest BCUT2D eigenvalue weighted by molar-refractivity contribution is 5.91. The highest BCUT2D eigenvalue weighted by Crippen LogP contribution is 2.27. The summed E-state index contributed by atoms with van der Waals surface area (Å²) in [5.41, 5.74) is 2.55. The van der Waals surface area contributed by atoms with E-state index in [4.69, 9.17) is 4.74 Å². The molecule has 138 valence electrons. The SMILES string of the molecule is CCOc1ccccc1NC(=O)N1CC(n2cc(-c3ccccc3)nn2)C1. The molecule has 1 aliphatic rings. The Bertz CT molecular complexity index is 919. The van der Waals surface area contributed by atoms with Gasteiger partial charge < -0.3 is 15.0 Å². The average Bonchev–Trinajstić information content (AvgIpc) is 3.13. The van der Waals surface area contributed by atoms with Crippen LogP contribution in [0.25, 0.3) is 11.3 Å². The fraction of sp³-hybridized carbons (Fsp3) is 0.250. The predicted octanol–water partition coefficient (Wildman–Crippen LogP) is 3.43. The molecule has 7 heteroatoms. The summed E-state index contributed by atoms with van der Waals surface area (Å²) in [4.78, 5) is 14.2. The number of aromatic nitrogens is 3. The number of anilines is 1. The molecule has 1 aromatic heterocycles. The first-order valence-electron chi connectivity index (χ1n) is 8.99. The molecular weight excluding hydrogens is 342 g/mol. The molecule has 0 atom stereocenters. The molecule has 0 spiro atoms. The maximum absolute atomic E-state index is 12.5. The number of likely N-dealkylation sites (tertiary alicyclic amines) is 1. The lowest BCUT2D eigenvalue weighted by molar-refractivity contribution is 0.127. The zero-order chi connectivity index (χ0) is 18.6. The normalized spacial score (nSPS) is 13.9. The average molecular weight is 363 g/mol. The molecule has 1 N–H and O–H groups in total. The molecule has 7 nitrogen and oxygen atoms in total. The van der Waals surface area contributed by atoms with Crippen molar-refractivity contribution in [1.82, 2.24) is 19.9 Å². The summed E-state index contributed by atoms with van der Waals surface area (Å²) in [6, 6.07) is 17.4. The van der Waals surface area contributed by atoms with Crippen molar-refractivity contribution < 1.29 is 9.53 Å². The topological polar surface area (TPSA) is 72.3 Å². The fourth-order valence-corrected chi connectivity index (χ4v) is 3.03. The zero-order valence-electron chi connectivity index (χ0n) is 15.1. The Labute approximate surface area is 157 Å². The minimum atomic E-state index is -0.137. The number of benzene rings is 2. The quantitative estimate of drug-likeness (QED) is 0.754. The molecule has 2 heterocycles. The van der Waals surface area contributed by atoms with Crippen LogP contribution in [-0.4, -0.2) is 45.6 Å². The number of nitrogens with zero attached hydrogens (tertiary/aromatic N) is 4. The third-order valence-electron chi connectivity index (χ3n) is 4.53. The Kier molecular flexibility index (Phi) is 4.74. The molecule has 2 amide bonds.